The number of carbonyl (C=O) groups excluding carboxylic acids is 1. The number of nitrogens with zero attached hydrogens (tertiary/aromatic N) is 2. The number of non-ortho nitro benzene ring substituents is 1. The number of aliphatic hydroxyl groups excluding tert-OH is 1. The van der Waals surface area contributed by atoms with Crippen molar-refractivity contribution in [3.05, 3.63) is 33.9 Å². The molecule has 1 aliphatic heterocycles. The highest BCUT2D eigenvalue weighted by Crippen LogP contribution is 2.29. The summed E-state index contributed by atoms with van der Waals surface area (Å²) in [5.41, 5.74) is 0.960. The summed E-state index contributed by atoms with van der Waals surface area (Å²) in [4.78, 5) is 25.5. The molecule has 25 heavy (non-hydrogen) atoms. The van der Waals surface area contributed by atoms with Crippen LogP contribution in [0.25, 0.3) is 0 Å². The Labute approximate surface area is 148 Å². The fraction of sp³-hybridized carbons (Fsp3) is 0.611. The van der Waals surface area contributed by atoms with Crippen LogP contribution >= 0.6 is 0 Å². The standard InChI is InChI=1S/C18H27N3O4/c1-12-6-8-20(9-7-12)17-5-4-15(21(24)25)10-16(17)18(23)19-14(3)13(2)11-22/h4-5,10,12-14,22H,6-9,11H2,1-3H3,(H,19,23). The average molecular weight is 349 g/mol. The Hall–Kier alpha value is -2.15. The fourth-order valence-electron chi connectivity index (χ4n) is 2.93. The minimum absolute atomic E-state index is 0.0345. The predicted molar refractivity (Wildman–Crippen MR) is 96.9 cm³/mol. The van der Waals surface area contributed by atoms with Gasteiger partial charge < -0.3 is 15.3 Å². The molecule has 1 aromatic carbocycles. The Morgan fingerprint density at radius 1 is 1.40 bits per heavy atom. The van der Waals surface area contributed by atoms with E-state index in [1.807, 2.05) is 13.8 Å². The number of anilines is 1. The lowest BCUT2D eigenvalue weighted by Crippen LogP contribution is -2.40. The molecule has 1 aliphatic rings. The lowest BCUT2D eigenvalue weighted by molar-refractivity contribution is -0.384. The van der Waals surface area contributed by atoms with Crippen molar-refractivity contribution in [2.45, 2.75) is 39.7 Å². The van der Waals surface area contributed by atoms with E-state index in [0.717, 1.165) is 31.6 Å². The van der Waals surface area contributed by atoms with E-state index in [2.05, 4.69) is 17.1 Å². The molecule has 2 atom stereocenters. The van der Waals surface area contributed by atoms with Gasteiger partial charge in [-0.2, -0.15) is 0 Å². The Morgan fingerprint density at radius 2 is 2.04 bits per heavy atom. The van der Waals surface area contributed by atoms with E-state index in [1.54, 1.807) is 6.07 Å². The number of aliphatic hydroxyl groups is 1. The Morgan fingerprint density at radius 3 is 2.60 bits per heavy atom. The van der Waals surface area contributed by atoms with Crippen LogP contribution < -0.4 is 10.2 Å². The molecule has 2 unspecified atom stereocenters. The minimum atomic E-state index is -0.487. The lowest BCUT2D eigenvalue weighted by Gasteiger charge is -2.33. The van der Waals surface area contributed by atoms with Crippen molar-refractivity contribution in [3.63, 3.8) is 0 Å². The third kappa shape index (κ3) is 4.69. The molecule has 1 saturated heterocycles. The summed E-state index contributed by atoms with van der Waals surface area (Å²) in [6, 6.07) is 4.23. The number of hydrogen-bond donors (Lipinski definition) is 2. The van der Waals surface area contributed by atoms with E-state index in [9.17, 15) is 20.0 Å². The second-order valence-corrected chi connectivity index (χ2v) is 7.05. The van der Waals surface area contributed by atoms with Gasteiger partial charge in [-0.25, -0.2) is 0 Å². The van der Waals surface area contributed by atoms with E-state index in [-0.39, 0.29) is 30.2 Å². The maximum atomic E-state index is 12.7. The van der Waals surface area contributed by atoms with E-state index in [1.165, 1.54) is 12.1 Å². The zero-order chi connectivity index (χ0) is 18.6. The molecule has 1 aromatic rings. The summed E-state index contributed by atoms with van der Waals surface area (Å²) in [6.07, 6.45) is 2.08. The number of piperidine rings is 1. The molecule has 7 nitrogen and oxygen atoms in total. The monoisotopic (exact) mass is 349 g/mol. The van der Waals surface area contributed by atoms with Gasteiger partial charge in [0.05, 0.1) is 16.2 Å². The molecule has 1 fully saturated rings. The molecule has 0 bridgehead atoms. The van der Waals surface area contributed by atoms with Crippen molar-refractivity contribution in [2.24, 2.45) is 11.8 Å². The van der Waals surface area contributed by atoms with Crippen LogP contribution in [0.15, 0.2) is 18.2 Å². The molecular weight excluding hydrogens is 322 g/mol. The number of benzene rings is 1. The molecule has 0 spiro atoms. The summed E-state index contributed by atoms with van der Waals surface area (Å²) in [6.45, 7) is 7.50. The van der Waals surface area contributed by atoms with Crippen LogP contribution in [0.2, 0.25) is 0 Å². The second kappa shape index (κ2) is 8.29. The third-order valence-corrected chi connectivity index (χ3v) is 5.06. The third-order valence-electron chi connectivity index (χ3n) is 5.06. The van der Waals surface area contributed by atoms with Gasteiger partial charge in [-0.3, -0.25) is 14.9 Å². The zero-order valence-corrected chi connectivity index (χ0v) is 15.1. The van der Waals surface area contributed by atoms with Gasteiger partial charge >= 0.3 is 0 Å². The molecule has 0 radical (unpaired) electrons. The predicted octanol–water partition coefficient (Wildman–Crippen LogP) is 2.58. The SMILES string of the molecule is CC1CCN(c2ccc([N+](=O)[O-])cc2C(=O)NC(C)C(C)CO)CC1. The number of nitrogens with one attached hydrogen (secondary N) is 1. The van der Waals surface area contributed by atoms with Crippen molar-refractivity contribution in [1.29, 1.82) is 0 Å². The highest BCUT2D eigenvalue weighted by molar-refractivity contribution is 6.00. The first-order valence-corrected chi connectivity index (χ1v) is 8.78. The number of amides is 1. The maximum Gasteiger partial charge on any atom is 0.270 e. The molecule has 0 saturated carbocycles. The van der Waals surface area contributed by atoms with Crippen LogP contribution in [-0.2, 0) is 0 Å². The van der Waals surface area contributed by atoms with Crippen molar-refractivity contribution in [2.75, 3.05) is 24.6 Å². The first-order chi connectivity index (χ1) is 11.8. The van der Waals surface area contributed by atoms with Crippen molar-refractivity contribution in [1.82, 2.24) is 5.32 Å². The Balaban J connectivity index is 2.30. The first-order valence-electron chi connectivity index (χ1n) is 8.78. The second-order valence-electron chi connectivity index (χ2n) is 7.05. The topological polar surface area (TPSA) is 95.7 Å². The average Bonchev–Trinajstić information content (AvgIpc) is 2.60. The molecule has 2 rings (SSSR count). The van der Waals surface area contributed by atoms with Crippen molar-refractivity contribution in [3.8, 4) is 0 Å². The van der Waals surface area contributed by atoms with Gasteiger partial charge in [-0.1, -0.05) is 13.8 Å². The largest absolute Gasteiger partial charge is 0.396 e. The summed E-state index contributed by atoms with van der Waals surface area (Å²) >= 11 is 0. The van der Waals surface area contributed by atoms with Crippen LogP contribution in [0.4, 0.5) is 11.4 Å². The van der Waals surface area contributed by atoms with Gasteiger partial charge in [0, 0.05) is 37.9 Å². The molecule has 0 aliphatic carbocycles. The maximum absolute atomic E-state index is 12.7. The number of rotatable bonds is 6. The van der Waals surface area contributed by atoms with Gasteiger partial charge in [0.1, 0.15) is 0 Å². The quantitative estimate of drug-likeness (QED) is 0.608. The number of hydrogen-bond acceptors (Lipinski definition) is 5. The van der Waals surface area contributed by atoms with Gasteiger partial charge in [-0.15, -0.1) is 0 Å². The van der Waals surface area contributed by atoms with E-state index < -0.39 is 4.92 Å². The molecule has 1 amide bonds. The lowest BCUT2D eigenvalue weighted by atomic mass is 9.97. The normalized spacial score (nSPS) is 17.8. The fourth-order valence-corrected chi connectivity index (χ4v) is 2.93. The Bertz CT molecular complexity index is 627. The highest BCUT2D eigenvalue weighted by Gasteiger charge is 2.25. The summed E-state index contributed by atoms with van der Waals surface area (Å²) in [7, 11) is 0. The van der Waals surface area contributed by atoms with Gasteiger partial charge in [-0.05, 0) is 37.7 Å². The number of nitro benzene ring substituents is 1. The van der Waals surface area contributed by atoms with Crippen molar-refractivity contribution < 1.29 is 14.8 Å². The summed E-state index contributed by atoms with van der Waals surface area (Å²) < 4.78 is 0. The number of carbonyl (C=O) groups is 1. The first kappa shape index (κ1) is 19.2. The molecule has 138 valence electrons. The summed E-state index contributed by atoms with van der Waals surface area (Å²) in [5.74, 6) is 0.212. The van der Waals surface area contributed by atoms with Gasteiger partial charge in [0.15, 0.2) is 0 Å². The molecular formula is C18H27N3O4. The van der Waals surface area contributed by atoms with Crippen LogP contribution in [0, 0.1) is 22.0 Å². The van der Waals surface area contributed by atoms with Crippen LogP contribution in [0.3, 0.4) is 0 Å². The molecule has 0 aromatic heterocycles. The molecule has 7 heteroatoms. The number of nitro groups is 1. The van der Waals surface area contributed by atoms with Crippen LogP contribution in [0.5, 0.6) is 0 Å². The van der Waals surface area contributed by atoms with Crippen LogP contribution in [-0.4, -0.2) is 41.7 Å². The van der Waals surface area contributed by atoms with Gasteiger partial charge in [0.2, 0.25) is 0 Å². The Kier molecular flexibility index (Phi) is 6.36. The van der Waals surface area contributed by atoms with E-state index in [4.69, 9.17) is 0 Å². The minimum Gasteiger partial charge on any atom is -0.396 e. The summed E-state index contributed by atoms with van der Waals surface area (Å²) in [5, 5.41) is 23.2. The molecule has 2 N–H and O–H groups in total. The van der Waals surface area contributed by atoms with Gasteiger partial charge in [0.25, 0.3) is 11.6 Å². The van der Waals surface area contributed by atoms with E-state index in [0.29, 0.717) is 11.5 Å². The van der Waals surface area contributed by atoms with Crippen LogP contribution in [0.1, 0.15) is 44.0 Å². The van der Waals surface area contributed by atoms with E-state index >= 15 is 0 Å². The highest BCUT2D eigenvalue weighted by atomic mass is 16.6. The zero-order valence-electron chi connectivity index (χ0n) is 15.1. The molecule has 1 heterocycles. The smallest absolute Gasteiger partial charge is 0.270 e. The van der Waals surface area contributed by atoms with Crippen molar-refractivity contribution >= 4 is 17.3 Å².